The van der Waals surface area contributed by atoms with Gasteiger partial charge in [0.05, 0.1) is 5.57 Å². The largest absolute Gasteiger partial charge is 0.416 e. The van der Waals surface area contributed by atoms with Gasteiger partial charge < -0.3 is 4.43 Å². The Kier molecular flexibility index (Phi) is 6.36. The highest BCUT2D eigenvalue weighted by Gasteiger charge is 2.42. The standard InChI is InChI=1S/C17H19F3OS2Si/c1-24(2,3)21-16(15-10-7-11-22-15)14(17(18,19)20)12-23-13-8-5-4-6-9-13/h4-12,16H,1-3H3/b14-12+. The first-order valence-corrected chi connectivity index (χ1v) is 12.5. The van der Waals surface area contributed by atoms with Crippen LogP contribution in [-0.4, -0.2) is 14.5 Å². The average Bonchev–Trinajstić information content (AvgIpc) is 2.99. The lowest BCUT2D eigenvalue weighted by molar-refractivity contribution is -0.104. The molecule has 1 unspecified atom stereocenters. The van der Waals surface area contributed by atoms with Crippen LogP contribution >= 0.6 is 23.1 Å². The van der Waals surface area contributed by atoms with Gasteiger partial charge in [-0.05, 0) is 48.6 Å². The van der Waals surface area contributed by atoms with E-state index in [0.29, 0.717) is 4.88 Å². The Morgan fingerprint density at radius 1 is 1.12 bits per heavy atom. The summed E-state index contributed by atoms with van der Waals surface area (Å²) in [4.78, 5) is 1.34. The van der Waals surface area contributed by atoms with Crippen molar-refractivity contribution < 1.29 is 17.6 Å². The van der Waals surface area contributed by atoms with Crippen LogP contribution in [0.2, 0.25) is 19.6 Å². The van der Waals surface area contributed by atoms with E-state index in [0.717, 1.165) is 16.7 Å². The molecule has 1 aromatic carbocycles. The third-order valence-corrected chi connectivity index (χ3v) is 5.72. The zero-order chi connectivity index (χ0) is 17.8. The highest BCUT2D eigenvalue weighted by atomic mass is 32.2. The van der Waals surface area contributed by atoms with Gasteiger partial charge in [-0.15, -0.1) is 11.3 Å². The molecule has 130 valence electrons. The number of halogens is 3. The maximum atomic E-state index is 13.7. The molecule has 0 bridgehead atoms. The first kappa shape index (κ1) is 19.3. The Morgan fingerprint density at radius 2 is 1.79 bits per heavy atom. The molecule has 0 saturated carbocycles. The molecule has 0 aliphatic carbocycles. The number of thioether (sulfide) groups is 1. The van der Waals surface area contributed by atoms with Crippen molar-refractivity contribution in [1.82, 2.24) is 0 Å². The summed E-state index contributed by atoms with van der Waals surface area (Å²) < 4.78 is 47.0. The van der Waals surface area contributed by atoms with Crippen molar-refractivity contribution in [2.75, 3.05) is 0 Å². The van der Waals surface area contributed by atoms with Gasteiger partial charge in [0.2, 0.25) is 0 Å². The Balaban J connectivity index is 2.39. The summed E-state index contributed by atoms with van der Waals surface area (Å²) in [5, 5.41) is 2.95. The fraction of sp³-hybridized carbons (Fsp3) is 0.294. The average molecular weight is 389 g/mol. The normalized spacial score (nSPS) is 14.7. The third-order valence-electron chi connectivity index (χ3n) is 2.95. The predicted molar refractivity (Wildman–Crippen MR) is 97.9 cm³/mol. The van der Waals surface area contributed by atoms with Crippen LogP contribution < -0.4 is 0 Å². The molecule has 0 fully saturated rings. The van der Waals surface area contributed by atoms with Crippen molar-refractivity contribution in [3.8, 4) is 0 Å². The maximum absolute atomic E-state index is 13.7. The van der Waals surface area contributed by atoms with Crippen LogP contribution in [0.5, 0.6) is 0 Å². The van der Waals surface area contributed by atoms with E-state index >= 15 is 0 Å². The number of hydrogen-bond acceptors (Lipinski definition) is 3. The Bertz CT molecular complexity index is 661. The second-order valence-electron chi connectivity index (χ2n) is 6.13. The summed E-state index contributed by atoms with van der Waals surface area (Å²) in [5.41, 5.74) is -0.652. The van der Waals surface area contributed by atoms with Gasteiger partial charge in [-0.25, -0.2) is 0 Å². The zero-order valence-corrected chi connectivity index (χ0v) is 16.3. The van der Waals surface area contributed by atoms with Crippen molar-refractivity contribution in [1.29, 1.82) is 0 Å². The van der Waals surface area contributed by atoms with E-state index < -0.39 is 26.2 Å². The summed E-state index contributed by atoms with van der Waals surface area (Å²) in [6.07, 6.45) is -5.52. The highest BCUT2D eigenvalue weighted by molar-refractivity contribution is 8.02. The molecule has 0 radical (unpaired) electrons. The molecule has 0 N–H and O–H groups in total. The maximum Gasteiger partial charge on any atom is 0.416 e. The fourth-order valence-corrected chi connectivity index (χ4v) is 4.63. The van der Waals surface area contributed by atoms with E-state index in [-0.39, 0.29) is 0 Å². The van der Waals surface area contributed by atoms with E-state index in [2.05, 4.69) is 0 Å². The van der Waals surface area contributed by atoms with E-state index in [1.807, 2.05) is 25.7 Å². The van der Waals surface area contributed by atoms with Crippen molar-refractivity contribution in [3.05, 3.63) is 63.7 Å². The van der Waals surface area contributed by atoms with Gasteiger partial charge in [0.15, 0.2) is 8.32 Å². The molecular weight excluding hydrogens is 369 g/mol. The molecule has 24 heavy (non-hydrogen) atoms. The number of thiophene rings is 1. The van der Waals surface area contributed by atoms with Crippen molar-refractivity contribution >= 4 is 31.4 Å². The van der Waals surface area contributed by atoms with Gasteiger partial charge in [0.25, 0.3) is 0 Å². The molecule has 0 aliphatic heterocycles. The molecule has 2 rings (SSSR count). The molecular formula is C17H19F3OS2Si. The molecule has 1 nitrogen and oxygen atoms in total. The van der Waals surface area contributed by atoms with Gasteiger partial charge in [-0.2, -0.15) is 13.2 Å². The summed E-state index contributed by atoms with van der Waals surface area (Å²) >= 11 is 2.35. The van der Waals surface area contributed by atoms with E-state index in [4.69, 9.17) is 4.43 Å². The Labute approximate surface area is 149 Å². The van der Waals surface area contributed by atoms with Gasteiger partial charge in [0.1, 0.15) is 6.10 Å². The van der Waals surface area contributed by atoms with Crippen LogP contribution in [0.4, 0.5) is 13.2 Å². The lowest BCUT2D eigenvalue weighted by Crippen LogP contribution is -2.31. The van der Waals surface area contributed by atoms with E-state index in [1.54, 1.807) is 41.8 Å². The molecule has 0 saturated heterocycles. The summed E-state index contributed by atoms with van der Waals surface area (Å²) in [6.45, 7) is 5.68. The molecule has 1 aromatic heterocycles. The van der Waals surface area contributed by atoms with E-state index in [9.17, 15) is 13.2 Å². The molecule has 2 aromatic rings. The number of rotatable bonds is 6. The first-order valence-electron chi connectivity index (χ1n) is 7.37. The van der Waals surface area contributed by atoms with Gasteiger partial charge in [0, 0.05) is 9.77 Å². The van der Waals surface area contributed by atoms with Crippen LogP contribution in [0.25, 0.3) is 0 Å². The molecule has 0 aliphatic rings. The minimum absolute atomic E-state index is 0.578. The topological polar surface area (TPSA) is 9.23 Å². The van der Waals surface area contributed by atoms with Crippen LogP contribution in [0.3, 0.4) is 0 Å². The zero-order valence-electron chi connectivity index (χ0n) is 13.6. The molecule has 1 heterocycles. The van der Waals surface area contributed by atoms with E-state index in [1.165, 1.54) is 16.7 Å². The van der Waals surface area contributed by atoms with Crippen LogP contribution in [-0.2, 0) is 4.43 Å². The molecule has 1 atom stereocenters. The lowest BCUT2D eigenvalue weighted by Gasteiger charge is -2.28. The highest BCUT2D eigenvalue weighted by Crippen LogP contribution is 2.42. The minimum atomic E-state index is -4.45. The number of benzene rings is 1. The molecule has 7 heteroatoms. The summed E-state index contributed by atoms with van der Waals surface area (Å²) in [7, 11) is -2.17. The van der Waals surface area contributed by atoms with Gasteiger partial charge >= 0.3 is 6.18 Å². The summed E-state index contributed by atoms with van der Waals surface area (Å²) in [5.74, 6) is 0. The fourth-order valence-electron chi connectivity index (χ4n) is 1.98. The second-order valence-corrected chi connectivity index (χ2v) is 12.5. The third kappa shape index (κ3) is 5.80. The van der Waals surface area contributed by atoms with Crippen molar-refractivity contribution in [2.24, 2.45) is 0 Å². The molecule has 0 spiro atoms. The first-order chi connectivity index (χ1) is 11.2. The Morgan fingerprint density at radius 3 is 2.29 bits per heavy atom. The lowest BCUT2D eigenvalue weighted by atomic mass is 10.1. The quantitative estimate of drug-likeness (QED) is 0.394. The smallest absolute Gasteiger partial charge is 0.406 e. The number of hydrogen-bond donors (Lipinski definition) is 0. The minimum Gasteiger partial charge on any atom is -0.406 e. The van der Waals surface area contributed by atoms with Crippen LogP contribution in [0, 0.1) is 0 Å². The van der Waals surface area contributed by atoms with Crippen LogP contribution in [0.1, 0.15) is 11.0 Å². The predicted octanol–water partition coefficient (Wildman–Crippen LogP) is 6.88. The van der Waals surface area contributed by atoms with Gasteiger partial charge in [-0.1, -0.05) is 36.0 Å². The SMILES string of the molecule is C[Si](C)(C)OC(/C(=C\Sc1ccccc1)C(F)(F)F)c1cccs1. The summed E-state index contributed by atoms with van der Waals surface area (Å²) in [6, 6.07) is 12.5. The number of alkyl halides is 3. The van der Waals surface area contributed by atoms with Crippen LogP contribution in [0.15, 0.2) is 63.7 Å². The van der Waals surface area contributed by atoms with Gasteiger partial charge in [-0.3, -0.25) is 0 Å². The van der Waals surface area contributed by atoms with Crippen molar-refractivity contribution in [2.45, 2.75) is 36.8 Å². The van der Waals surface area contributed by atoms with Crippen molar-refractivity contribution in [3.63, 3.8) is 0 Å². The molecule has 0 amide bonds. The Hall–Kier alpha value is -1.02. The monoisotopic (exact) mass is 388 g/mol. The second kappa shape index (κ2) is 7.90.